The third-order valence-corrected chi connectivity index (χ3v) is 2.17. The number of fused-ring (bicyclic) bond motifs is 1. The van der Waals surface area contributed by atoms with Crippen LogP contribution < -0.4 is 5.43 Å². The molecule has 1 unspecified atom stereocenters. The van der Waals surface area contributed by atoms with Gasteiger partial charge in [0.2, 0.25) is 0 Å². The summed E-state index contributed by atoms with van der Waals surface area (Å²) in [5.74, 6) is 0. The first kappa shape index (κ1) is 8.12. The van der Waals surface area contributed by atoms with Gasteiger partial charge in [0.25, 0.3) is 0 Å². The zero-order valence-electron chi connectivity index (χ0n) is 7.05. The fourth-order valence-electron chi connectivity index (χ4n) is 1.46. The van der Waals surface area contributed by atoms with Crippen molar-refractivity contribution in [3.05, 3.63) is 24.7 Å². The van der Waals surface area contributed by atoms with Crippen molar-refractivity contribution in [2.75, 3.05) is 6.54 Å². The van der Waals surface area contributed by atoms with E-state index in [0.29, 0.717) is 0 Å². The lowest BCUT2D eigenvalue weighted by Crippen LogP contribution is -2.30. The highest BCUT2D eigenvalue weighted by Crippen LogP contribution is 2.14. The number of hydrogen-bond donors (Lipinski definition) is 2. The van der Waals surface area contributed by atoms with E-state index < -0.39 is 6.09 Å². The summed E-state index contributed by atoms with van der Waals surface area (Å²) < 4.78 is 0. The highest BCUT2D eigenvalue weighted by molar-refractivity contribution is 5.67. The summed E-state index contributed by atoms with van der Waals surface area (Å²) in [5.41, 5.74) is 3.13. The Bertz CT molecular complexity index is 255. The molecule has 0 aliphatic carbocycles. The maximum absolute atomic E-state index is 10.6. The van der Waals surface area contributed by atoms with Crippen molar-refractivity contribution >= 4 is 6.09 Å². The number of rotatable bonds is 0. The lowest BCUT2D eigenvalue weighted by Gasteiger charge is -2.16. The molecule has 2 aliphatic rings. The second-order valence-electron chi connectivity index (χ2n) is 3.00. The summed E-state index contributed by atoms with van der Waals surface area (Å²) in [7, 11) is 0. The van der Waals surface area contributed by atoms with Crippen LogP contribution in [0.1, 0.15) is 6.42 Å². The molecule has 5 heteroatoms. The molecule has 2 rings (SSSR count). The topological polar surface area (TPSA) is 55.8 Å². The van der Waals surface area contributed by atoms with Gasteiger partial charge in [-0.2, -0.15) is 0 Å². The van der Waals surface area contributed by atoms with Crippen molar-refractivity contribution in [1.82, 2.24) is 15.3 Å². The largest absolute Gasteiger partial charge is 0.464 e. The van der Waals surface area contributed by atoms with Crippen LogP contribution in [0.2, 0.25) is 0 Å². The third kappa shape index (κ3) is 1.50. The van der Waals surface area contributed by atoms with Gasteiger partial charge < -0.3 is 10.1 Å². The summed E-state index contributed by atoms with van der Waals surface area (Å²) >= 11 is 0. The Kier molecular flexibility index (Phi) is 1.94. The zero-order chi connectivity index (χ0) is 9.26. The molecule has 0 saturated carbocycles. The third-order valence-electron chi connectivity index (χ3n) is 2.17. The number of hydrazine groups is 1. The van der Waals surface area contributed by atoms with E-state index in [1.807, 2.05) is 11.1 Å². The normalized spacial score (nSPS) is 26.0. The van der Waals surface area contributed by atoms with E-state index in [4.69, 9.17) is 5.11 Å². The number of nitrogens with zero attached hydrogens (tertiary/aromatic N) is 2. The van der Waals surface area contributed by atoms with Gasteiger partial charge in [0.05, 0.1) is 6.04 Å². The molecule has 1 atom stereocenters. The number of carbonyl (C=O) groups is 1. The van der Waals surface area contributed by atoms with Crippen LogP contribution in [-0.4, -0.2) is 33.7 Å². The second kappa shape index (κ2) is 3.10. The van der Waals surface area contributed by atoms with Crippen molar-refractivity contribution in [3.63, 3.8) is 0 Å². The highest BCUT2D eigenvalue weighted by Gasteiger charge is 2.21. The molecular weight excluding hydrogens is 170 g/mol. The van der Waals surface area contributed by atoms with E-state index in [9.17, 15) is 4.79 Å². The Morgan fingerprint density at radius 3 is 3.08 bits per heavy atom. The van der Waals surface area contributed by atoms with E-state index in [1.54, 1.807) is 12.4 Å². The van der Waals surface area contributed by atoms with E-state index in [2.05, 4.69) is 5.43 Å². The van der Waals surface area contributed by atoms with Crippen molar-refractivity contribution in [1.29, 1.82) is 0 Å². The Hall–Kier alpha value is -1.49. The van der Waals surface area contributed by atoms with Gasteiger partial charge in [0, 0.05) is 25.1 Å². The van der Waals surface area contributed by atoms with E-state index in [-0.39, 0.29) is 6.04 Å². The SMILES string of the molecule is O=C(O)N1C=CC2CCNN2C=C1. The maximum atomic E-state index is 10.6. The van der Waals surface area contributed by atoms with Crippen molar-refractivity contribution in [3.8, 4) is 0 Å². The van der Waals surface area contributed by atoms with Crippen LogP contribution in [0.15, 0.2) is 24.7 Å². The maximum Gasteiger partial charge on any atom is 0.415 e. The Labute approximate surface area is 75.9 Å². The van der Waals surface area contributed by atoms with Crippen molar-refractivity contribution in [2.24, 2.45) is 0 Å². The molecule has 1 saturated heterocycles. The molecule has 0 radical (unpaired) electrons. The van der Waals surface area contributed by atoms with Gasteiger partial charge >= 0.3 is 6.09 Å². The smallest absolute Gasteiger partial charge is 0.415 e. The van der Waals surface area contributed by atoms with Crippen LogP contribution in [0.3, 0.4) is 0 Å². The molecule has 0 aromatic carbocycles. The van der Waals surface area contributed by atoms with E-state index in [0.717, 1.165) is 17.9 Å². The number of carboxylic acid groups (broad SMARTS) is 1. The van der Waals surface area contributed by atoms with E-state index in [1.165, 1.54) is 6.20 Å². The Balaban J connectivity index is 2.16. The molecule has 2 heterocycles. The predicted molar refractivity (Wildman–Crippen MR) is 46.4 cm³/mol. The van der Waals surface area contributed by atoms with Gasteiger partial charge in [0.15, 0.2) is 0 Å². The lowest BCUT2D eigenvalue weighted by molar-refractivity contribution is 0.175. The standard InChI is InChI=1S/C8H11N3O2/c12-8(13)10-4-2-7-1-3-9-11(7)6-5-10/h2,4-7,9H,1,3H2,(H,12,13). The van der Waals surface area contributed by atoms with Crippen LogP contribution >= 0.6 is 0 Å². The minimum Gasteiger partial charge on any atom is -0.464 e. The van der Waals surface area contributed by atoms with Gasteiger partial charge in [-0.1, -0.05) is 0 Å². The van der Waals surface area contributed by atoms with Gasteiger partial charge in [-0.25, -0.2) is 10.2 Å². The quantitative estimate of drug-likeness (QED) is 0.572. The average molecular weight is 181 g/mol. The van der Waals surface area contributed by atoms with Crippen LogP contribution in [0.4, 0.5) is 4.79 Å². The van der Waals surface area contributed by atoms with Crippen LogP contribution in [0, 0.1) is 0 Å². The molecule has 1 amide bonds. The summed E-state index contributed by atoms with van der Waals surface area (Å²) in [6, 6.07) is 0.278. The molecule has 0 aromatic heterocycles. The number of nitrogens with one attached hydrogen (secondary N) is 1. The van der Waals surface area contributed by atoms with Gasteiger partial charge in [0.1, 0.15) is 0 Å². The average Bonchev–Trinajstić information content (AvgIpc) is 2.44. The van der Waals surface area contributed by atoms with Gasteiger partial charge in [-0.3, -0.25) is 4.90 Å². The van der Waals surface area contributed by atoms with Crippen LogP contribution in [0.25, 0.3) is 0 Å². The lowest BCUT2D eigenvalue weighted by atomic mass is 10.2. The second-order valence-corrected chi connectivity index (χ2v) is 3.00. The molecule has 13 heavy (non-hydrogen) atoms. The molecule has 2 aliphatic heterocycles. The predicted octanol–water partition coefficient (Wildman–Crippen LogP) is 0.544. The molecule has 0 spiro atoms. The first-order valence-corrected chi connectivity index (χ1v) is 4.17. The van der Waals surface area contributed by atoms with Crippen LogP contribution in [-0.2, 0) is 0 Å². The first-order chi connectivity index (χ1) is 6.27. The molecule has 5 nitrogen and oxygen atoms in total. The van der Waals surface area contributed by atoms with Crippen molar-refractivity contribution < 1.29 is 9.90 Å². The summed E-state index contributed by atoms with van der Waals surface area (Å²) in [6.45, 7) is 0.937. The molecule has 70 valence electrons. The fourth-order valence-corrected chi connectivity index (χ4v) is 1.46. The number of amides is 1. The monoisotopic (exact) mass is 181 g/mol. The molecule has 0 bridgehead atoms. The summed E-state index contributed by atoms with van der Waals surface area (Å²) in [6.07, 6.45) is 6.77. The minimum atomic E-state index is -0.964. The van der Waals surface area contributed by atoms with Crippen molar-refractivity contribution in [2.45, 2.75) is 12.5 Å². The minimum absolute atomic E-state index is 0.278. The first-order valence-electron chi connectivity index (χ1n) is 4.17. The fraction of sp³-hybridized carbons (Fsp3) is 0.375. The summed E-state index contributed by atoms with van der Waals surface area (Å²) in [4.78, 5) is 11.8. The van der Waals surface area contributed by atoms with Crippen LogP contribution in [0.5, 0.6) is 0 Å². The highest BCUT2D eigenvalue weighted by atomic mass is 16.4. The Morgan fingerprint density at radius 1 is 1.46 bits per heavy atom. The van der Waals surface area contributed by atoms with Gasteiger partial charge in [-0.05, 0) is 12.5 Å². The van der Waals surface area contributed by atoms with Gasteiger partial charge in [-0.15, -0.1) is 0 Å². The Morgan fingerprint density at radius 2 is 2.31 bits per heavy atom. The van der Waals surface area contributed by atoms with E-state index >= 15 is 0 Å². The molecule has 2 N–H and O–H groups in total. The zero-order valence-corrected chi connectivity index (χ0v) is 7.05. The molecule has 0 aromatic rings. The number of hydrogen-bond acceptors (Lipinski definition) is 3. The molecular formula is C8H11N3O2. The summed E-state index contributed by atoms with van der Waals surface area (Å²) in [5, 5.41) is 10.6. The molecule has 1 fully saturated rings.